The average molecular weight is 416 g/mol. The third-order valence-electron chi connectivity index (χ3n) is 5.43. The summed E-state index contributed by atoms with van der Waals surface area (Å²) < 4.78 is 0. The molecular weight excluding hydrogens is 382 g/mol. The van der Waals surface area contributed by atoms with Crippen molar-refractivity contribution in [1.29, 1.82) is 0 Å². The van der Waals surface area contributed by atoms with Crippen LogP contribution in [0.2, 0.25) is 0 Å². The number of hydrogen-bond donors (Lipinski definition) is 1. The molecule has 1 N–H and O–H groups in total. The molecule has 0 spiro atoms. The van der Waals surface area contributed by atoms with Crippen molar-refractivity contribution in [2.75, 3.05) is 31.5 Å². The number of aryl methyl sites for hydroxylation is 1. The number of likely N-dealkylation sites (tertiary alicyclic amines) is 1. The Morgan fingerprint density at radius 1 is 1.11 bits per heavy atom. The summed E-state index contributed by atoms with van der Waals surface area (Å²) in [6.45, 7) is 7.76. The summed E-state index contributed by atoms with van der Waals surface area (Å²) >= 11 is 7.59. The summed E-state index contributed by atoms with van der Waals surface area (Å²) in [5.74, 6) is 0. The second-order valence-corrected chi connectivity index (χ2v) is 9.01. The van der Waals surface area contributed by atoms with E-state index < -0.39 is 0 Å². The van der Waals surface area contributed by atoms with Crippen LogP contribution in [0.4, 0.5) is 5.69 Å². The molecular formula is C23H33N3S2. The van der Waals surface area contributed by atoms with Crippen LogP contribution in [0.25, 0.3) is 0 Å². The van der Waals surface area contributed by atoms with Gasteiger partial charge in [0.25, 0.3) is 0 Å². The van der Waals surface area contributed by atoms with Crippen LogP contribution in [0.1, 0.15) is 49.5 Å². The first-order valence-corrected chi connectivity index (χ1v) is 11.9. The minimum absolute atomic E-state index is 0.827. The second kappa shape index (κ2) is 11.5. The molecule has 3 rings (SSSR count). The van der Waals surface area contributed by atoms with Gasteiger partial charge in [-0.25, -0.2) is 0 Å². The third kappa shape index (κ3) is 6.87. The highest BCUT2D eigenvalue weighted by atomic mass is 32.1. The van der Waals surface area contributed by atoms with Gasteiger partial charge in [-0.3, -0.25) is 0 Å². The first kappa shape index (κ1) is 21.3. The maximum Gasteiger partial charge on any atom is 0.173 e. The molecule has 1 saturated heterocycles. The van der Waals surface area contributed by atoms with Crippen molar-refractivity contribution in [3.05, 3.63) is 52.2 Å². The van der Waals surface area contributed by atoms with Crippen LogP contribution >= 0.6 is 23.6 Å². The van der Waals surface area contributed by atoms with E-state index in [-0.39, 0.29) is 0 Å². The van der Waals surface area contributed by atoms with E-state index in [1.807, 2.05) is 0 Å². The van der Waals surface area contributed by atoms with Gasteiger partial charge >= 0.3 is 0 Å². The third-order valence-corrected chi connectivity index (χ3v) is 6.65. The van der Waals surface area contributed by atoms with Gasteiger partial charge in [0.05, 0.1) is 6.54 Å². The molecule has 152 valence electrons. The lowest BCUT2D eigenvalue weighted by molar-refractivity contribution is 0.266. The molecule has 0 bridgehead atoms. The van der Waals surface area contributed by atoms with E-state index in [4.69, 9.17) is 12.2 Å². The zero-order chi connectivity index (χ0) is 19.6. The minimum Gasteiger partial charge on any atom is -0.344 e. The van der Waals surface area contributed by atoms with E-state index >= 15 is 0 Å². The van der Waals surface area contributed by atoms with Crippen molar-refractivity contribution in [3.8, 4) is 0 Å². The number of thiophene rings is 1. The van der Waals surface area contributed by atoms with E-state index in [1.54, 1.807) is 11.3 Å². The summed E-state index contributed by atoms with van der Waals surface area (Å²) in [6, 6.07) is 12.9. The minimum atomic E-state index is 0.827. The summed E-state index contributed by atoms with van der Waals surface area (Å²) in [5, 5.41) is 6.42. The lowest BCUT2D eigenvalue weighted by Crippen LogP contribution is -2.36. The number of benzene rings is 1. The van der Waals surface area contributed by atoms with E-state index in [9.17, 15) is 0 Å². The molecule has 28 heavy (non-hydrogen) atoms. The molecule has 0 radical (unpaired) electrons. The standard InChI is InChI=1S/C23H33N3S2/c1-2-20-10-12-21(13-11-20)24-23(27)26(19-22-9-7-18-28-22)17-8-16-25-14-5-3-4-6-15-25/h7,9-13,18H,2-6,8,14-17,19H2,1H3,(H,24,27). The van der Waals surface area contributed by atoms with E-state index in [0.717, 1.165) is 36.7 Å². The molecule has 5 heteroatoms. The van der Waals surface area contributed by atoms with Gasteiger partial charge in [-0.2, -0.15) is 0 Å². The molecule has 2 aromatic rings. The fourth-order valence-electron chi connectivity index (χ4n) is 3.71. The van der Waals surface area contributed by atoms with Crippen LogP contribution in [0.15, 0.2) is 41.8 Å². The van der Waals surface area contributed by atoms with Crippen LogP contribution in [0.3, 0.4) is 0 Å². The highest BCUT2D eigenvalue weighted by Crippen LogP contribution is 2.16. The van der Waals surface area contributed by atoms with Crippen LogP contribution in [0, 0.1) is 0 Å². The SMILES string of the molecule is CCc1ccc(NC(=S)N(CCCN2CCCCCC2)Cc2cccs2)cc1. The first-order chi connectivity index (χ1) is 13.7. The monoisotopic (exact) mass is 415 g/mol. The largest absolute Gasteiger partial charge is 0.344 e. The number of anilines is 1. The van der Waals surface area contributed by atoms with Gasteiger partial charge in [0.15, 0.2) is 5.11 Å². The Bertz CT molecular complexity index is 689. The molecule has 2 heterocycles. The van der Waals surface area contributed by atoms with Gasteiger partial charge in [-0.1, -0.05) is 38.0 Å². The molecule has 0 amide bonds. The van der Waals surface area contributed by atoms with Crippen LogP contribution < -0.4 is 5.32 Å². The molecule has 1 aliphatic rings. The Morgan fingerprint density at radius 2 is 1.86 bits per heavy atom. The number of hydrogen-bond acceptors (Lipinski definition) is 3. The van der Waals surface area contributed by atoms with Gasteiger partial charge in [-0.15, -0.1) is 11.3 Å². The molecule has 1 aromatic heterocycles. The van der Waals surface area contributed by atoms with Gasteiger partial charge in [-0.05, 0) is 86.7 Å². The van der Waals surface area contributed by atoms with Crippen molar-refractivity contribution in [2.24, 2.45) is 0 Å². The molecule has 1 aliphatic heterocycles. The Balaban J connectivity index is 1.56. The molecule has 0 aliphatic carbocycles. The fraction of sp³-hybridized carbons (Fsp3) is 0.522. The topological polar surface area (TPSA) is 18.5 Å². The van der Waals surface area contributed by atoms with E-state index in [1.165, 1.54) is 55.8 Å². The van der Waals surface area contributed by atoms with Crippen LogP contribution in [-0.2, 0) is 13.0 Å². The predicted molar refractivity (Wildman–Crippen MR) is 126 cm³/mol. The van der Waals surface area contributed by atoms with Crippen molar-refractivity contribution < 1.29 is 0 Å². The van der Waals surface area contributed by atoms with Gasteiger partial charge in [0, 0.05) is 17.1 Å². The summed E-state index contributed by atoms with van der Waals surface area (Å²) in [5.41, 5.74) is 2.43. The highest BCUT2D eigenvalue weighted by Gasteiger charge is 2.13. The smallest absolute Gasteiger partial charge is 0.173 e. The first-order valence-electron chi connectivity index (χ1n) is 10.6. The zero-order valence-corrected chi connectivity index (χ0v) is 18.7. The number of nitrogens with zero attached hydrogens (tertiary/aromatic N) is 2. The van der Waals surface area contributed by atoms with Crippen LogP contribution in [0.5, 0.6) is 0 Å². The molecule has 1 fully saturated rings. The van der Waals surface area contributed by atoms with Gasteiger partial charge in [0.2, 0.25) is 0 Å². The maximum atomic E-state index is 5.79. The Kier molecular flexibility index (Phi) is 8.77. The van der Waals surface area contributed by atoms with Crippen molar-refractivity contribution >= 4 is 34.4 Å². The molecule has 3 nitrogen and oxygen atoms in total. The number of nitrogens with one attached hydrogen (secondary N) is 1. The van der Waals surface area contributed by atoms with Crippen molar-refractivity contribution in [2.45, 2.75) is 52.0 Å². The van der Waals surface area contributed by atoms with Gasteiger partial charge in [0.1, 0.15) is 0 Å². The summed E-state index contributed by atoms with van der Waals surface area (Å²) in [6.07, 6.45) is 7.71. The lowest BCUT2D eigenvalue weighted by Gasteiger charge is -2.27. The maximum absolute atomic E-state index is 5.79. The lowest BCUT2D eigenvalue weighted by atomic mass is 10.1. The molecule has 1 aromatic carbocycles. The normalized spacial score (nSPS) is 15.2. The summed E-state index contributed by atoms with van der Waals surface area (Å²) in [4.78, 5) is 6.32. The van der Waals surface area contributed by atoms with Crippen molar-refractivity contribution in [3.63, 3.8) is 0 Å². The fourth-order valence-corrected chi connectivity index (χ4v) is 4.71. The van der Waals surface area contributed by atoms with Gasteiger partial charge < -0.3 is 15.1 Å². The predicted octanol–water partition coefficient (Wildman–Crippen LogP) is 5.78. The molecule has 0 unspecified atom stereocenters. The van der Waals surface area contributed by atoms with Crippen molar-refractivity contribution in [1.82, 2.24) is 9.80 Å². The number of rotatable bonds is 8. The van der Waals surface area contributed by atoms with E-state index in [2.05, 4.69) is 63.8 Å². The van der Waals surface area contributed by atoms with Crippen LogP contribution in [-0.4, -0.2) is 41.1 Å². The Hall–Kier alpha value is -1.43. The van der Waals surface area contributed by atoms with E-state index in [0.29, 0.717) is 0 Å². The molecule has 0 saturated carbocycles. The second-order valence-electron chi connectivity index (χ2n) is 7.59. The molecule has 0 atom stereocenters. The number of thiocarbonyl (C=S) groups is 1. The highest BCUT2D eigenvalue weighted by molar-refractivity contribution is 7.80. The zero-order valence-electron chi connectivity index (χ0n) is 17.0. The Morgan fingerprint density at radius 3 is 2.50 bits per heavy atom. The summed E-state index contributed by atoms with van der Waals surface area (Å²) in [7, 11) is 0. The Labute approximate surface area is 179 Å². The average Bonchev–Trinajstić information content (AvgIpc) is 3.09. The quantitative estimate of drug-likeness (QED) is 0.551.